The van der Waals surface area contributed by atoms with Crippen LogP contribution in [-0.4, -0.2) is 40.4 Å². The summed E-state index contributed by atoms with van der Waals surface area (Å²) in [6, 6.07) is 5.36. The summed E-state index contributed by atoms with van der Waals surface area (Å²) in [4.78, 5) is 25.0. The van der Waals surface area contributed by atoms with Gasteiger partial charge in [-0.15, -0.1) is 0 Å². The Morgan fingerprint density at radius 3 is 1.68 bits per heavy atom. The first-order valence-electron chi connectivity index (χ1n) is 7.96. The minimum atomic E-state index is -1.12. The molecule has 0 bridgehead atoms. The van der Waals surface area contributed by atoms with Crippen molar-refractivity contribution in [2.45, 2.75) is 33.1 Å². The standard InChI is InChI=1S/C19H28O6/c1-18(2,3)19(4,15(16(20)24-7)17(21)25-8)12-9-10-13(22-5)14(11-12)23-6/h9-11,15H,1-8H3. The second kappa shape index (κ2) is 7.76. The SMILES string of the molecule is COC(=O)C(C(=O)OC)C(C)(c1ccc(OC)c(OC)c1)C(C)(C)C. The zero-order valence-corrected chi connectivity index (χ0v) is 16.3. The Labute approximate surface area is 149 Å². The van der Waals surface area contributed by atoms with Gasteiger partial charge >= 0.3 is 11.9 Å². The Morgan fingerprint density at radius 2 is 1.32 bits per heavy atom. The van der Waals surface area contributed by atoms with Crippen molar-refractivity contribution in [2.75, 3.05) is 28.4 Å². The van der Waals surface area contributed by atoms with Crippen LogP contribution in [0.1, 0.15) is 33.3 Å². The molecule has 0 aliphatic carbocycles. The highest BCUT2D eigenvalue weighted by molar-refractivity contribution is 5.97. The Morgan fingerprint density at radius 1 is 0.840 bits per heavy atom. The van der Waals surface area contributed by atoms with Gasteiger partial charge in [0.2, 0.25) is 0 Å². The van der Waals surface area contributed by atoms with Crippen LogP contribution in [0.4, 0.5) is 0 Å². The summed E-state index contributed by atoms with van der Waals surface area (Å²) in [6.07, 6.45) is 0. The summed E-state index contributed by atoms with van der Waals surface area (Å²) >= 11 is 0. The second-order valence-corrected chi connectivity index (χ2v) is 7.00. The Bertz CT molecular complexity index is 615. The zero-order valence-electron chi connectivity index (χ0n) is 16.3. The normalized spacial score (nSPS) is 13.8. The number of carbonyl (C=O) groups excluding carboxylic acids is 2. The van der Waals surface area contributed by atoms with E-state index >= 15 is 0 Å². The Balaban J connectivity index is 3.71. The third kappa shape index (κ3) is 3.72. The molecule has 0 amide bonds. The first-order valence-corrected chi connectivity index (χ1v) is 7.96. The maximum Gasteiger partial charge on any atom is 0.320 e. The number of hydrogen-bond acceptors (Lipinski definition) is 6. The van der Waals surface area contributed by atoms with Crippen LogP contribution in [0.3, 0.4) is 0 Å². The van der Waals surface area contributed by atoms with Crippen molar-refractivity contribution >= 4 is 11.9 Å². The average molecular weight is 352 g/mol. The van der Waals surface area contributed by atoms with Gasteiger partial charge in [0.1, 0.15) is 0 Å². The molecular formula is C19H28O6. The predicted octanol–water partition coefficient (Wildman–Crippen LogP) is 2.97. The lowest BCUT2D eigenvalue weighted by Crippen LogP contribution is -2.51. The Kier molecular flexibility index (Phi) is 6.46. The lowest BCUT2D eigenvalue weighted by molar-refractivity contribution is -0.165. The summed E-state index contributed by atoms with van der Waals surface area (Å²) in [5.74, 6) is -1.32. The summed E-state index contributed by atoms with van der Waals surface area (Å²) < 4.78 is 20.5. The van der Waals surface area contributed by atoms with Crippen molar-refractivity contribution in [3.8, 4) is 11.5 Å². The van der Waals surface area contributed by atoms with Gasteiger partial charge in [0, 0.05) is 5.41 Å². The largest absolute Gasteiger partial charge is 0.493 e. The van der Waals surface area contributed by atoms with Crippen LogP contribution in [-0.2, 0) is 24.5 Å². The molecule has 1 atom stereocenters. The van der Waals surface area contributed by atoms with E-state index in [1.54, 1.807) is 19.2 Å². The molecule has 0 aliphatic heterocycles. The fourth-order valence-electron chi connectivity index (χ4n) is 3.00. The van der Waals surface area contributed by atoms with Crippen molar-refractivity contribution in [3.05, 3.63) is 23.8 Å². The fourth-order valence-corrected chi connectivity index (χ4v) is 3.00. The van der Waals surface area contributed by atoms with Gasteiger partial charge in [-0.25, -0.2) is 0 Å². The highest BCUT2D eigenvalue weighted by Crippen LogP contribution is 2.49. The molecule has 0 fully saturated rings. The average Bonchev–Trinajstić information content (AvgIpc) is 2.59. The van der Waals surface area contributed by atoms with Crippen LogP contribution in [0.5, 0.6) is 11.5 Å². The van der Waals surface area contributed by atoms with E-state index in [9.17, 15) is 9.59 Å². The van der Waals surface area contributed by atoms with Crippen LogP contribution < -0.4 is 9.47 Å². The van der Waals surface area contributed by atoms with Gasteiger partial charge in [-0.05, 0) is 23.1 Å². The highest BCUT2D eigenvalue weighted by Gasteiger charge is 2.53. The van der Waals surface area contributed by atoms with Gasteiger partial charge in [-0.1, -0.05) is 33.8 Å². The molecule has 1 rings (SSSR count). The van der Waals surface area contributed by atoms with E-state index in [1.807, 2.05) is 33.8 Å². The molecule has 0 N–H and O–H groups in total. The molecule has 25 heavy (non-hydrogen) atoms. The van der Waals surface area contributed by atoms with Gasteiger partial charge in [0.15, 0.2) is 17.4 Å². The molecule has 6 heteroatoms. The monoisotopic (exact) mass is 352 g/mol. The van der Waals surface area contributed by atoms with E-state index in [0.717, 1.165) is 5.56 Å². The molecule has 1 aromatic carbocycles. The molecule has 0 saturated carbocycles. The van der Waals surface area contributed by atoms with Crippen LogP contribution in [0.2, 0.25) is 0 Å². The highest BCUT2D eigenvalue weighted by atomic mass is 16.5. The van der Waals surface area contributed by atoms with E-state index in [0.29, 0.717) is 11.5 Å². The quantitative estimate of drug-likeness (QED) is 0.579. The number of methoxy groups -OCH3 is 4. The van der Waals surface area contributed by atoms with E-state index in [-0.39, 0.29) is 0 Å². The first kappa shape index (κ1) is 20.8. The molecule has 140 valence electrons. The third-order valence-corrected chi connectivity index (χ3v) is 4.99. The van der Waals surface area contributed by atoms with Crippen LogP contribution in [0, 0.1) is 11.3 Å². The van der Waals surface area contributed by atoms with E-state index in [2.05, 4.69) is 0 Å². The number of esters is 2. The second-order valence-electron chi connectivity index (χ2n) is 7.00. The van der Waals surface area contributed by atoms with Crippen molar-refractivity contribution in [1.82, 2.24) is 0 Å². The van der Waals surface area contributed by atoms with Crippen LogP contribution >= 0.6 is 0 Å². The Hall–Kier alpha value is -2.24. The maximum atomic E-state index is 12.5. The van der Waals surface area contributed by atoms with Crippen molar-refractivity contribution in [1.29, 1.82) is 0 Å². The molecule has 1 aromatic rings. The first-order chi connectivity index (χ1) is 11.6. The van der Waals surface area contributed by atoms with Crippen molar-refractivity contribution < 1.29 is 28.5 Å². The molecule has 0 aliphatic rings. The molecule has 0 heterocycles. The minimum absolute atomic E-state index is 0.473. The van der Waals surface area contributed by atoms with E-state index in [1.165, 1.54) is 21.3 Å². The molecule has 0 spiro atoms. The summed E-state index contributed by atoms with van der Waals surface area (Å²) in [5.41, 5.74) is -0.634. The van der Waals surface area contributed by atoms with Gasteiger partial charge in [-0.3, -0.25) is 9.59 Å². The fraction of sp³-hybridized carbons (Fsp3) is 0.579. The lowest BCUT2D eigenvalue weighted by atomic mass is 9.57. The predicted molar refractivity (Wildman–Crippen MR) is 93.9 cm³/mol. The molecule has 1 unspecified atom stereocenters. The van der Waals surface area contributed by atoms with Crippen molar-refractivity contribution in [2.24, 2.45) is 11.3 Å². The van der Waals surface area contributed by atoms with Gasteiger partial charge in [0.25, 0.3) is 0 Å². The number of benzene rings is 1. The van der Waals surface area contributed by atoms with Crippen LogP contribution in [0.25, 0.3) is 0 Å². The van der Waals surface area contributed by atoms with Crippen molar-refractivity contribution in [3.63, 3.8) is 0 Å². The summed E-state index contributed by atoms with van der Waals surface area (Å²) in [6.45, 7) is 7.74. The number of ether oxygens (including phenoxy) is 4. The number of hydrogen-bond donors (Lipinski definition) is 0. The molecular weight excluding hydrogens is 324 g/mol. The third-order valence-electron chi connectivity index (χ3n) is 4.99. The number of rotatable bonds is 6. The maximum absolute atomic E-state index is 12.5. The molecule has 0 saturated heterocycles. The van der Waals surface area contributed by atoms with Crippen LogP contribution in [0.15, 0.2) is 18.2 Å². The summed E-state index contributed by atoms with van der Waals surface area (Å²) in [5, 5.41) is 0. The topological polar surface area (TPSA) is 71.1 Å². The molecule has 0 aromatic heterocycles. The lowest BCUT2D eigenvalue weighted by Gasteiger charge is -2.45. The number of carbonyl (C=O) groups is 2. The molecule has 0 radical (unpaired) electrons. The summed E-state index contributed by atoms with van der Waals surface area (Å²) in [7, 11) is 5.60. The van der Waals surface area contributed by atoms with Gasteiger partial charge in [0.05, 0.1) is 28.4 Å². The van der Waals surface area contributed by atoms with Gasteiger partial charge < -0.3 is 18.9 Å². The van der Waals surface area contributed by atoms with E-state index in [4.69, 9.17) is 18.9 Å². The van der Waals surface area contributed by atoms with Gasteiger partial charge in [-0.2, -0.15) is 0 Å². The van der Waals surface area contributed by atoms with E-state index < -0.39 is 28.7 Å². The molecule has 6 nitrogen and oxygen atoms in total. The minimum Gasteiger partial charge on any atom is -0.493 e. The smallest absolute Gasteiger partial charge is 0.320 e. The zero-order chi connectivity index (χ0) is 19.4.